The third kappa shape index (κ3) is 6.19. The van der Waals surface area contributed by atoms with Crippen LogP contribution in [0.15, 0.2) is 84.4 Å². The molecule has 1 amide bonds. The van der Waals surface area contributed by atoms with Gasteiger partial charge in [0.15, 0.2) is 0 Å². The number of aliphatic hydroxyl groups is 1. The molecule has 2 aliphatic rings. The molecule has 1 unspecified atom stereocenters. The number of morpholine rings is 1. The molecular weight excluding hydrogens is 508 g/mol. The Hall–Kier alpha value is -4.14. The van der Waals surface area contributed by atoms with Crippen molar-refractivity contribution in [2.75, 3.05) is 46.0 Å². The summed E-state index contributed by atoms with van der Waals surface area (Å²) in [4.78, 5) is 30.5. The summed E-state index contributed by atoms with van der Waals surface area (Å²) in [7, 11) is 0. The van der Waals surface area contributed by atoms with Crippen molar-refractivity contribution >= 4 is 17.4 Å². The van der Waals surface area contributed by atoms with Gasteiger partial charge in [0.05, 0.1) is 31.4 Å². The van der Waals surface area contributed by atoms with Crippen LogP contribution in [0.3, 0.4) is 0 Å². The molecule has 8 nitrogen and oxygen atoms in total. The van der Waals surface area contributed by atoms with E-state index in [4.69, 9.17) is 14.2 Å². The third-order valence-electron chi connectivity index (χ3n) is 7.18. The smallest absolute Gasteiger partial charge is 0.295 e. The predicted octanol–water partition coefficient (Wildman–Crippen LogP) is 4.42. The summed E-state index contributed by atoms with van der Waals surface area (Å²) < 4.78 is 16.9. The molecule has 2 saturated heterocycles. The highest BCUT2D eigenvalue weighted by Crippen LogP contribution is 2.40. The second-order valence-corrected chi connectivity index (χ2v) is 9.75. The van der Waals surface area contributed by atoms with Gasteiger partial charge in [-0.3, -0.25) is 14.5 Å². The Bertz CT molecular complexity index is 1330. The van der Waals surface area contributed by atoms with Crippen LogP contribution in [0, 0.1) is 0 Å². The molecule has 0 aliphatic carbocycles. The van der Waals surface area contributed by atoms with E-state index in [1.54, 1.807) is 29.2 Å². The average Bonchev–Trinajstić information content (AvgIpc) is 3.25. The zero-order chi connectivity index (χ0) is 27.9. The molecule has 5 rings (SSSR count). The number of carbonyl (C=O) groups is 2. The van der Waals surface area contributed by atoms with Crippen LogP contribution in [0.5, 0.6) is 11.5 Å². The van der Waals surface area contributed by atoms with Crippen LogP contribution in [-0.2, 0) is 20.9 Å². The van der Waals surface area contributed by atoms with Gasteiger partial charge in [0.1, 0.15) is 23.9 Å². The summed E-state index contributed by atoms with van der Waals surface area (Å²) in [6, 6.07) is 23.4. The third-order valence-corrected chi connectivity index (χ3v) is 7.18. The van der Waals surface area contributed by atoms with Gasteiger partial charge >= 0.3 is 0 Å². The Morgan fingerprint density at radius 1 is 0.875 bits per heavy atom. The molecule has 0 spiro atoms. The molecule has 3 aromatic carbocycles. The maximum absolute atomic E-state index is 13.4. The molecule has 2 heterocycles. The van der Waals surface area contributed by atoms with Crippen LogP contribution in [-0.4, -0.2) is 72.6 Å². The number of hydrogen-bond donors (Lipinski definition) is 1. The minimum Gasteiger partial charge on any atom is -0.507 e. The maximum atomic E-state index is 13.4. The zero-order valence-electron chi connectivity index (χ0n) is 22.6. The molecule has 40 heavy (non-hydrogen) atoms. The lowest BCUT2D eigenvalue weighted by Gasteiger charge is -2.31. The Balaban J connectivity index is 1.44. The topological polar surface area (TPSA) is 88.5 Å². The molecule has 1 N–H and O–H groups in total. The van der Waals surface area contributed by atoms with Crippen molar-refractivity contribution in [2.45, 2.75) is 19.6 Å². The first-order chi connectivity index (χ1) is 19.5. The van der Waals surface area contributed by atoms with E-state index in [1.807, 2.05) is 61.5 Å². The fourth-order valence-corrected chi connectivity index (χ4v) is 5.05. The summed E-state index contributed by atoms with van der Waals surface area (Å²) in [5.41, 5.74) is 2.30. The number of benzene rings is 3. The zero-order valence-corrected chi connectivity index (χ0v) is 22.6. The van der Waals surface area contributed by atoms with E-state index in [1.165, 1.54) is 0 Å². The molecule has 3 aromatic rings. The van der Waals surface area contributed by atoms with Crippen LogP contribution >= 0.6 is 0 Å². The van der Waals surface area contributed by atoms with Crippen molar-refractivity contribution in [3.05, 3.63) is 101 Å². The maximum Gasteiger partial charge on any atom is 0.295 e. The van der Waals surface area contributed by atoms with Gasteiger partial charge in [0.2, 0.25) is 0 Å². The number of carbonyl (C=O) groups excluding carboxylic acids is 2. The lowest BCUT2D eigenvalue weighted by molar-refractivity contribution is -0.140. The van der Waals surface area contributed by atoms with Crippen molar-refractivity contribution in [2.24, 2.45) is 0 Å². The molecule has 2 aliphatic heterocycles. The number of nitrogens with zero attached hydrogens (tertiary/aromatic N) is 2. The normalized spacial score (nSPS) is 19.1. The van der Waals surface area contributed by atoms with Gasteiger partial charge in [0, 0.05) is 31.7 Å². The van der Waals surface area contributed by atoms with Gasteiger partial charge in [-0.05, 0) is 54.4 Å². The molecule has 0 bridgehead atoms. The standard InChI is InChI=1S/C32H34N2O6/c1-2-39-26-14-10-25(11-15-26)30(35)28-29(34(32(37)31(28)36)17-16-33-18-20-38-21-19-33)24-8-12-27(13-9-24)40-22-23-6-4-3-5-7-23/h3-15,29,35H,2,16-22H2,1H3/b30-28+. The highest BCUT2D eigenvalue weighted by molar-refractivity contribution is 6.46. The Morgan fingerprint density at radius 3 is 2.20 bits per heavy atom. The van der Waals surface area contributed by atoms with E-state index in [2.05, 4.69) is 4.90 Å². The van der Waals surface area contributed by atoms with Crippen LogP contribution in [0.2, 0.25) is 0 Å². The van der Waals surface area contributed by atoms with Gasteiger partial charge in [-0.15, -0.1) is 0 Å². The second kappa shape index (κ2) is 12.8. The fourth-order valence-electron chi connectivity index (χ4n) is 5.05. The number of rotatable bonds is 10. The van der Waals surface area contributed by atoms with Crippen LogP contribution in [0.1, 0.15) is 29.7 Å². The summed E-state index contributed by atoms with van der Waals surface area (Å²) >= 11 is 0. The van der Waals surface area contributed by atoms with Crippen molar-refractivity contribution < 1.29 is 28.9 Å². The van der Waals surface area contributed by atoms with Gasteiger partial charge < -0.3 is 24.2 Å². The average molecular weight is 543 g/mol. The number of amides is 1. The number of ketones is 1. The van der Waals surface area contributed by atoms with Crippen molar-refractivity contribution in [1.29, 1.82) is 0 Å². The first-order valence-electron chi connectivity index (χ1n) is 13.6. The molecular formula is C32H34N2O6. The molecule has 1 atom stereocenters. The summed E-state index contributed by atoms with van der Waals surface area (Å²) in [5.74, 6) is -0.181. The first-order valence-corrected chi connectivity index (χ1v) is 13.6. The predicted molar refractivity (Wildman–Crippen MR) is 151 cm³/mol. The number of aliphatic hydroxyl groups excluding tert-OH is 1. The monoisotopic (exact) mass is 542 g/mol. The summed E-state index contributed by atoms with van der Waals surface area (Å²) in [6.07, 6.45) is 0. The van der Waals surface area contributed by atoms with Gasteiger partial charge in [-0.1, -0.05) is 42.5 Å². The lowest BCUT2D eigenvalue weighted by Crippen LogP contribution is -2.42. The van der Waals surface area contributed by atoms with Gasteiger partial charge in [0.25, 0.3) is 11.7 Å². The number of Topliss-reactive ketones (excluding diaryl/α,β-unsaturated/α-hetero) is 1. The first kappa shape index (κ1) is 27.4. The molecule has 0 radical (unpaired) electrons. The molecule has 0 aromatic heterocycles. The number of hydrogen-bond acceptors (Lipinski definition) is 7. The Labute approximate surface area is 234 Å². The molecule has 2 fully saturated rings. The van der Waals surface area contributed by atoms with Crippen LogP contribution in [0.4, 0.5) is 0 Å². The summed E-state index contributed by atoms with van der Waals surface area (Å²) in [6.45, 7) is 6.62. The Kier molecular flexibility index (Phi) is 8.78. The largest absolute Gasteiger partial charge is 0.507 e. The van der Waals surface area contributed by atoms with Crippen molar-refractivity contribution in [3.8, 4) is 11.5 Å². The second-order valence-electron chi connectivity index (χ2n) is 9.75. The fraction of sp³-hybridized carbons (Fsp3) is 0.312. The van der Waals surface area contributed by atoms with E-state index in [-0.39, 0.29) is 11.3 Å². The van der Waals surface area contributed by atoms with Gasteiger partial charge in [-0.2, -0.15) is 0 Å². The van der Waals surface area contributed by atoms with E-state index in [0.29, 0.717) is 56.6 Å². The van der Waals surface area contributed by atoms with Crippen molar-refractivity contribution in [1.82, 2.24) is 9.80 Å². The minimum absolute atomic E-state index is 0.0779. The summed E-state index contributed by atoms with van der Waals surface area (Å²) in [5, 5.41) is 11.3. The molecule has 208 valence electrons. The van der Waals surface area contributed by atoms with E-state index in [0.717, 1.165) is 24.2 Å². The minimum atomic E-state index is -0.726. The quantitative estimate of drug-likeness (QED) is 0.231. The SMILES string of the molecule is CCOc1ccc(/C(O)=C2\C(=O)C(=O)N(CCN3CCOCC3)C2c2ccc(OCc3ccccc3)cc2)cc1. The number of ether oxygens (including phenoxy) is 3. The van der Waals surface area contributed by atoms with Crippen LogP contribution in [0.25, 0.3) is 5.76 Å². The van der Waals surface area contributed by atoms with E-state index in [9.17, 15) is 14.7 Å². The molecule has 0 saturated carbocycles. The van der Waals surface area contributed by atoms with Gasteiger partial charge in [-0.25, -0.2) is 0 Å². The van der Waals surface area contributed by atoms with Crippen LogP contribution < -0.4 is 9.47 Å². The van der Waals surface area contributed by atoms with E-state index < -0.39 is 17.7 Å². The Morgan fingerprint density at radius 2 is 1.52 bits per heavy atom. The molecule has 8 heteroatoms. The van der Waals surface area contributed by atoms with E-state index >= 15 is 0 Å². The highest BCUT2D eigenvalue weighted by atomic mass is 16.5. The highest BCUT2D eigenvalue weighted by Gasteiger charge is 2.46. The number of likely N-dealkylation sites (tertiary alicyclic amines) is 1. The van der Waals surface area contributed by atoms with Crippen molar-refractivity contribution in [3.63, 3.8) is 0 Å². The lowest BCUT2D eigenvalue weighted by atomic mass is 9.95.